The number of rotatable bonds is 21. The lowest BCUT2D eigenvalue weighted by Crippen LogP contribution is -2.43. The predicted octanol–water partition coefficient (Wildman–Crippen LogP) is 8.27. The van der Waals surface area contributed by atoms with Crippen molar-refractivity contribution < 1.29 is 0 Å². The van der Waals surface area contributed by atoms with Crippen LogP contribution in [0.25, 0.3) is 0 Å². The third-order valence-electron chi connectivity index (χ3n) is 6.03. The largest absolute Gasteiger partial charge is 0.264 e. The van der Waals surface area contributed by atoms with Crippen LogP contribution in [-0.2, 0) is 0 Å². The molecule has 0 spiro atoms. The van der Waals surface area contributed by atoms with E-state index in [9.17, 15) is 0 Å². The predicted molar refractivity (Wildman–Crippen MR) is 139 cm³/mol. The molecular formula is C25H57N4P. The molecule has 0 unspecified atom stereocenters. The summed E-state index contributed by atoms with van der Waals surface area (Å²) in [5.41, 5.74) is 0. The maximum Gasteiger partial charge on any atom is 0.167 e. The smallest absolute Gasteiger partial charge is 0.167 e. The summed E-state index contributed by atoms with van der Waals surface area (Å²) in [5, 5.41) is 0. The Morgan fingerprint density at radius 3 is 0.767 bits per heavy atom. The van der Waals surface area contributed by atoms with E-state index in [4.69, 9.17) is 4.74 Å². The summed E-state index contributed by atoms with van der Waals surface area (Å²) in [5.74, 6) is 0. The molecule has 0 aliphatic carbocycles. The van der Waals surface area contributed by atoms with Crippen molar-refractivity contribution >= 4 is 7.51 Å². The van der Waals surface area contributed by atoms with Gasteiger partial charge in [0.05, 0.1) is 0 Å². The Bertz CT molecular complexity index is 346. The van der Waals surface area contributed by atoms with Crippen LogP contribution in [0.2, 0.25) is 0 Å². The van der Waals surface area contributed by atoms with Gasteiger partial charge >= 0.3 is 0 Å². The quantitative estimate of drug-likeness (QED) is 0.166. The van der Waals surface area contributed by atoms with Gasteiger partial charge < -0.3 is 0 Å². The van der Waals surface area contributed by atoms with E-state index in [1.807, 2.05) is 0 Å². The van der Waals surface area contributed by atoms with Crippen molar-refractivity contribution in [1.82, 2.24) is 14.0 Å². The van der Waals surface area contributed by atoms with Gasteiger partial charge in [0.25, 0.3) is 0 Å². The van der Waals surface area contributed by atoms with Crippen molar-refractivity contribution in [3.05, 3.63) is 0 Å². The highest BCUT2D eigenvalue weighted by Crippen LogP contribution is 2.60. The molecule has 182 valence electrons. The zero-order valence-electron chi connectivity index (χ0n) is 22.0. The van der Waals surface area contributed by atoms with E-state index in [-0.39, 0.29) is 0 Å². The van der Waals surface area contributed by atoms with Crippen LogP contribution in [0.5, 0.6) is 0 Å². The summed E-state index contributed by atoms with van der Waals surface area (Å²) in [6.45, 7) is 21.2. The number of unbranched alkanes of at least 4 members (excludes halogenated alkanes) is 6. The first kappa shape index (κ1) is 30.1. The van der Waals surface area contributed by atoms with Gasteiger partial charge in [0.2, 0.25) is 0 Å². The second-order valence-electron chi connectivity index (χ2n) is 8.72. The maximum atomic E-state index is 5.43. The van der Waals surface area contributed by atoms with Crippen molar-refractivity contribution in [3.8, 4) is 0 Å². The first-order valence-electron chi connectivity index (χ1n) is 13.4. The molecule has 0 heterocycles. The van der Waals surface area contributed by atoms with Crippen molar-refractivity contribution in [3.63, 3.8) is 0 Å². The van der Waals surface area contributed by atoms with Crippen LogP contribution in [0.4, 0.5) is 0 Å². The highest BCUT2D eigenvalue weighted by atomic mass is 31.2. The minimum atomic E-state index is -1.86. The second kappa shape index (κ2) is 19.8. The highest BCUT2D eigenvalue weighted by Gasteiger charge is 2.38. The van der Waals surface area contributed by atoms with E-state index in [1.54, 1.807) is 0 Å². The molecule has 0 rings (SSSR count). The van der Waals surface area contributed by atoms with Crippen molar-refractivity contribution in [2.24, 2.45) is 4.74 Å². The monoisotopic (exact) mass is 444 g/mol. The molecule has 0 bridgehead atoms. The van der Waals surface area contributed by atoms with Crippen LogP contribution in [-0.4, -0.2) is 60.3 Å². The van der Waals surface area contributed by atoms with Crippen LogP contribution >= 0.6 is 7.51 Å². The summed E-state index contributed by atoms with van der Waals surface area (Å²) >= 11 is 0. The van der Waals surface area contributed by atoms with Crippen LogP contribution in [0.3, 0.4) is 0 Å². The van der Waals surface area contributed by atoms with Crippen LogP contribution < -0.4 is 0 Å². The van der Waals surface area contributed by atoms with Crippen molar-refractivity contribution in [2.45, 2.75) is 119 Å². The standard InChI is InChI=1S/C25H57N4P/c1-8-14-20-27(21-15-9-2)30(26-7,28(22-16-10-3)23-17-11-4)29(24-18-12-5)25-19-13-6/h8-25H2,1-7H3. The molecule has 30 heavy (non-hydrogen) atoms. The molecule has 0 amide bonds. The van der Waals surface area contributed by atoms with Gasteiger partial charge in [-0.3, -0.25) is 4.74 Å². The molecule has 0 N–H and O–H groups in total. The van der Waals surface area contributed by atoms with Gasteiger partial charge in [0.15, 0.2) is 7.51 Å². The van der Waals surface area contributed by atoms with Crippen molar-refractivity contribution in [2.75, 3.05) is 46.3 Å². The summed E-state index contributed by atoms with van der Waals surface area (Å²) in [6.07, 6.45) is 15.3. The molecule has 0 radical (unpaired) electrons. The Hall–Kier alpha value is 0.110. The highest BCUT2D eigenvalue weighted by molar-refractivity contribution is 7.59. The van der Waals surface area contributed by atoms with Crippen LogP contribution in [0, 0.1) is 0 Å². The van der Waals surface area contributed by atoms with E-state index in [0.717, 1.165) is 0 Å². The zero-order chi connectivity index (χ0) is 22.7. The first-order valence-corrected chi connectivity index (χ1v) is 15.0. The number of nitrogens with zero attached hydrogens (tertiary/aromatic N) is 4. The summed E-state index contributed by atoms with van der Waals surface area (Å²) < 4.78 is 14.0. The Kier molecular flexibility index (Phi) is 19.8. The Labute approximate surface area is 191 Å². The molecule has 0 aliphatic rings. The van der Waals surface area contributed by atoms with Gasteiger partial charge in [0.1, 0.15) is 0 Å². The minimum absolute atomic E-state index is 1.20. The van der Waals surface area contributed by atoms with Crippen LogP contribution in [0.1, 0.15) is 119 Å². The number of hydrogen-bond donors (Lipinski definition) is 0. The Balaban J connectivity index is 6.35. The van der Waals surface area contributed by atoms with Gasteiger partial charge in [-0.25, -0.2) is 14.0 Å². The van der Waals surface area contributed by atoms with Crippen molar-refractivity contribution in [1.29, 1.82) is 0 Å². The molecule has 0 aromatic rings. The van der Waals surface area contributed by atoms with E-state index in [1.165, 1.54) is 116 Å². The molecule has 0 aliphatic heterocycles. The molecule has 0 saturated heterocycles. The summed E-state index contributed by atoms with van der Waals surface area (Å²) in [4.78, 5) is 0. The SMILES string of the molecule is CCCCN(CCCC)P(=NC)(N(CCCC)CCCC)N(CCCC)CCCC. The molecule has 0 fully saturated rings. The lowest BCUT2D eigenvalue weighted by Gasteiger charge is -2.50. The van der Waals surface area contributed by atoms with E-state index in [2.05, 4.69) is 62.6 Å². The summed E-state index contributed by atoms with van der Waals surface area (Å²) in [7, 11) is 0.287. The fraction of sp³-hybridized carbons (Fsp3) is 1.00. The van der Waals surface area contributed by atoms with Crippen LogP contribution in [0.15, 0.2) is 4.74 Å². The third-order valence-corrected chi connectivity index (χ3v) is 10.0. The van der Waals surface area contributed by atoms with Gasteiger partial charge in [-0.15, -0.1) is 0 Å². The normalized spacial score (nSPS) is 12.5. The van der Waals surface area contributed by atoms with E-state index < -0.39 is 7.51 Å². The maximum absolute atomic E-state index is 5.43. The average molecular weight is 445 g/mol. The Morgan fingerprint density at radius 2 is 0.633 bits per heavy atom. The third kappa shape index (κ3) is 10.2. The Morgan fingerprint density at radius 1 is 0.433 bits per heavy atom. The molecule has 0 aromatic heterocycles. The van der Waals surface area contributed by atoms with E-state index >= 15 is 0 Å². The van der Waals surface area contributed by atoms with E-state index in [0.29, 0.717) is 0 Å². The lowest BCUT2D eigenvalue weighted by atomic mass is 10.3. The fourth-order valence-corrected chi connectivity index (χ4v) is 8.39. The topological polar surface area (TPSA) is 22.1 Å². The lowest BCUT2D eigenvalue weighted by molar-refractivity contribution is 0.290. The molecule has 0 saturated carbocycles. The first-order chi connectivity index (χ1) is 14.6. The fourth-order valence-electron chi connectivity index (χ4n) is 4.10. The zero-order valence-corrected chi connectivity index (χ0v) is 22.9. The molecule has 4 nitrogen and oxygen atoms in total. The molecule has 0 atom stereocenters. The minimum Gasteiger partial charge on any atom is -0.264 e. The molecule has 5 heteroatoms. The van der Waals surface area contributed by atoms with Gasteiger partial charge in [-0.05, 0) is 38.5 Å². The average Bonchev–Trinajstić information content (AvgIpc) is 2.77. The van der Waals surface area contributed by atoms with Gasteiger partial charge in [-0.1, -0.05) is 80.1 Å². The number of hydrogen-bond acceptors (Lipinski definition) is 1. The second-order valence-corrected chi connectivity index (χ2v) is 11.9. The molecule has 0 aromatic carbocycles. The van der Waals surface area contributed by atoms with Gasteiger partial charge in [-0.2, -0.15) is 0 Å². The molecular weight excluding hydrogens is 387 g/mol. The van der Waals surface area contributed by atoms with Gasteiger partial charge in [0, 0.05) is 46.3 Å². The summed E-state index contributed by atoms with van der Waals surface area (Å²) in [6, 6.07) is 0.